The van der Waals surface area contributed by atoms with Crippen molar-refractivity contribution < 1.29 is 32.3 Å². The van der Waals surface area contributed by atoms with Crippen LogP contribution in [0.25, 0.3) is 0 Å². The molecule has 0 aromatic heterocycles. The van der Waals surface area contributed by atoms with Crippen molar-refractivity contribution in [2.75, 3.05) is 26.2 Å². The van der Waals surface area contributed by atoms with Crippen molar-refractivity contribution >= 4 is 17.8 Å². The van der Waals surface area contributed by atoms with Crippen LogP contribution in [-0.4, -0.2) is 59.4 Å². The van der Waals surface area contributed by atoms with E-state index < -0.39 is 35.1 Å². The highest BCUT2D eigenvalue weighted by Gasteiger charge is 2.31. The first-order chi connectivity index (χ1) is 12.9. The van der Waals surface area contributed by atoms with Gasteiger partial charge in [0, 0.05) is 18.7 Å². The lowest BCUT2D eigenvalue weighted by molar-refractivity contribution is -0.137. The molecule has 1 heterocycles. The highest BCUT2D eigenvalue weighted by molar-refractivity contribution is 5.99. The monoisotopic (exact) mass is 400 g/mol. The van der Waals surface area contributed by atoms with Gasteiger partial charge < -0.3 is 9.64 Å². The van der Waals surface area contributed by atoms with E-state index in [9.17, 15) is 27.6 Å². The van der Waals surface area contributed by atoms with Crippen LogP contribution in [0, 0.1) is 0 Å². The van der Waals surface area contributed by atoms with E-state index in [0.29, 0.717) is 13.0 Å². The van der Waals surface area contributed by atoms with E-state index in [1.807, 2.05) is 0 Å². The summed E-state index contributed by atoms with van der Waals surface area (Å²) in [6.07, 6.45) is -4.62. The first-order valence-electron chi connectivity index (χ1n) is 8.83. The predicted octanol–water partition coefficient (Wildman–Crippen LogP) is 3.36. The molecule has 6 nitrogen and oxygen atoms in total. The molecule has 0 atom stereocenters. The quantitative estimate of drug-likeness (QED) is 0.730. The summed E-state index contributed by atoms with van der Waals surface area (Å²) in [6.45, 7) is 5.27. The van der Waals surface area contributed by atoms with Crippen molar-refractivity contribution in [1.82, 2.24) is 9.80 Å². The van der Waals surface area contributed by atoms with Gasteiger partial charge in [-0.2, -0.15) is 13.2 Å². The Kier molecular flexibility index (Phi) is 6.36. The summed E-state index contributed by atoms with van der Waals surface area (Å²) >= 11 is 0. The van der Waals surface area contributed by atoms with Crippen LogP contribution in [0.1, 0.15) is 43.1 Å². The lowest BCUT2D eigenvalue weighted by atomic mass is 10.1. The molecule has 0 radical (unpaired) electrons. The van der Waals surface area contributed by atoms with E-state index in [1.54, 1.807) is 20.8 Å². The van der Waals surface area contributed by atoms with Gasteiger partial charge in [0.1, 0.15) is 12.1 Å². The molecule has 9 heteroatoms. The SMILES string of the molecule is CC(C)(C)OC(=O)N1CCCN(CC(=O)c2ccc(C(F)(F)F)cc2)C(=O)C1. The van der Waals surface area contributed by atoms with Crippen molar-refractivity contribution in [3.8, 4) is 0 Å². The second-order valence-corrected chi connectivity index (χ2v) is 7.57. The highest BCUT2D eigenvalue weighted by Crippen LogP contribution is 2.29. The number of ketones is 1. The maximum absolute atomic E-state index is 12.6. The number of rotatable bonds is 3. The Balaban J connectivity index is 2.00. The molecule has 1 aromatic rings. The smallest absolute Gasteiger partial charge is 0.416 e. The van der Waals surface area contributed by atoms with Crippen molar-refractivity contribution in [3.63, 3.8) is 0 Å². The molecule has 1 saturated heterocycles. The summed E-state index contributed by atoms with van der Waals surface area (Å²) in [4.78, 5) is 39.5. The molecule has 1 aliphatic rings. The summed E-state index contributed by atoms with van der Waals surface area (Å²) in [5.41, 5.74) is -1.44. The Morgan fingerprint density at radius 3 is 2.21 bits per heavy atom. The number of ether oxygens (including phenoxy) is 1. The van der Waals surface area contributed by atoms with Gasteiger partial charge in [-0.25, -0.2) is 4.79 Å². The van der Waals surface area contributed by atoms with E-state index in [-0.39, 0.29) is 25.2 Å². The number of Topliss-reactive ketones (excluding diaryl/α,β-unsaturated/α-hetero) is 1. The number of carbonyl (C=O) groups excluding carboxylic acids is 3. The Hall–Kier alpha value is -2.58. The van der Waals surface area contributed by atoms with Crippen molar-refractivity contribution in [1.29, 1.82) is 0 Å². The van der Waals surface area contributed by atoms with Crippen molar-refractivity contribution in [2.24, 2.45) is 0 Å². The lowest BCUT2D eigenvalue weighted by Crippen LogP contribution is -2.43. The van der Waals surface area contributed by atoms with E-state index in [2.05, 4.69) is 0 Å². The third-order valence-electron chi connectivity index (χ3n) is 4.06. The average molecular weight is 400 g/mol. The fourth-order valence-electron chi connectivity index (χ4n) is 2.68. The second-order valence-electron chi connectivity index (χ2n) is 7.57. The van der Waals surface area contributed by atoms with Crippen LogP contribution in [0.5, 0.6) is 0 Å². The molecule has 0 unspecified atom stereocenters. The number of hydrogen-bond acceptors (Lipinski definition) is 4. The number of nitrogens with zero attached hydrogens (tertiary/aromatic N) is 2. The normalized spacial score (nSPS) is 16.0. The number of benzene rings is 1. The maximum Gasteiger partial charge on any atom is 0.416 e. The molecule has 0 N–H and O–H groups in total. The van der Waals surface area contributed by atoms with Gasteiger partial charge in [0.2, 0.25) is 5.91 Å². The third kappa shape index (κ3) is 5.97. The van der Waals surface area contributed by atoms with Crippen LogP contribution in [0.2, 0.25) is 0 Å². The first-order valence-corrected chi connectivity index (χ1v) is 8.83. The minimum absolute atomic E-state index is 0.0917. The molecule has 1 aliphatic heterocycles. The minimum atomic E-state index is -4.48. The number of halogens is 3. The zero-order valence-electron chi connectivity index (χ0n) is 16.0. The molecule has 28 heavy (non-hydrogen) atoms. The average Bonchev–Trinajstić information content (AvgIpc) is 2.75. The van der Waals surface area contributed by atoms with Gasteiger partial charge in [-0.05, 0) is 39.3 Å². The van der Waals surface area contributed by atoms with Crippen LogP contribution < -0.4 is 0 Å². The summed E-state index contributed by atoms with van der Waals surface area (Å²) in [6, 6.07) is 3.87. The van der Waals surface area contributed by atoms with Gasteiger partial charge in [-0.15, -0.1) is 0 Å². The zero-order valence-corrected chi connectivity index (χ0v) is 16.0. The predicted molar refractivity (Wildman–Crippen MR) is 94.8 cm³/mol. The van der Waals surface area contributed by atoms with Crippen molar-refractivity contribution in [3.05, 3.63) is 35.4 Å². The topological polar surface area (TPSA) is 66.9 Å². The number of alkyl halides is 3. The largest absolute Gasteiger partial charge is 0.444 e. The van der Waals surface area contributed by atoms with Crippen LogP contribution in [0.4, 0.5) is 18.0 Å². The van der Waals surface area contributed by atoms with Gasteiger partial charge >= 0.3 is 12.3 Å². The van der Waals surface area contributed by atoms with E-state index in [4.69, 9.17) is 4.74 Å². The van der Waals surface area contributed by atoms with E-state index in [0.717, 1.165) is 24.3 Å². The minimum Gasteiger partial charge on any atom is -0.444 e. The summed E-state index contributed by atoms with van der Waals surface area (Å²) in [5.74, 6) is -0.878. The zero-order chi connectivity index (χ0) is 21.1. The Morgan fingerprint density at radius 1 is 1.07 bits per heavy atom. The van der Waals surface area contributed by atoms with Gasteiger partial charge in [0.05, 0.1) is 12.1 Å². The van der Waals surface area contributed by atoms with Crippen molar-refractivity contribution in [2.45, 2.75) is 39.0 Å². The van der Waals surface area contributed by atoms with Gasteiger partial charge in [0.15, 0.2) is 5.78 Å². The lowest BCUT2D eigenvalue weighted by Gasteiger charge is -2.26. The van der Waals surface area contributed by atoms with Crippen LogP contribution >= 0.6 is 0 Å². The fourth-order valence-corrected chi connectivity index (χ4v) is 2.68. The fraction of sp³-hybridized carbons (Fsp3) is 0.526. The standard InChI is InChI=1S/C19H23F3N2O4/c1-18(2,3)28-17(27)24-10-4-9-23(16(26)12-24)11-15(25)13-5-7-14(8-6-13)19(20,21)22/h5-8H,4,9-12H2,1-3H3. The molecule has 0 spiro atoms. The molecule has 0 saturated carbocycles. The molecule has 0 bridgehead atoms. The molecule has 1 fully saturated rings. The third-order valence-corrected chi connectivity index (χ3v) is 4.06. The summed E-state index contributed by atoms with van der Waals surface area (Å²) in [7, 11) is 0. The molecule has 1 aromatic carbocycles. The molecule has 2 rings (SSSR count). The summed E-state index contributed by atoms with van der Waals surface area (Å²) in [5, 5.41) is 0. The van der Waals surface area contributed by atoms with E-state index >= 15 is 0 Å². The molecule has 154 valence electrons. The molecule has 0 aliphatic carbocycles. The Bertz CT molecular complexity index is 739. The van der Waals surface area contributed by atoms with Gasteiger partial charge in [-0.1, -0.05) is 12.1 Å². The van der Waals surface area contributed by atoms with Gasteiger partial charge in [0.25, 0.3) is 0 Å². The number of carbonyl (C=O) groups is 3. The number of amides is 2. The Morgan fingerprint density at radius 2 is 1.68 bits per heavy atom. The molecular formula is C19H23F3N2O4. The summed E-state index contributed by atoms with van der Waals surface area (Å²) < 4.78 is 43.1. The van der Waals surface area contributed by atoms with Gasteiger partial charge in [-0.3, -0.25) is 14.5 Å². The first kappa shape index (κ1) is 21.7. The second kappa shape index (κ2) is 8.20. The van der Waals surface area contributed by atoms with E-state index in [1.165, 1.54) is 9.80 Å². The molecular weight excluding hydrogens is 377 g/mol. The van der Waals surface area contributed by atoms with Crippen LogP contribution in [0.3, 0.4) is 0 Å². The molecule has 2 amide bonds. The van der Waals surface area contributed by atoms with Crippen LogP contribution in [0.15, 0.2) is 24.3 Å². The Labute approximate surface area is 161 Å². The highest BCUT2D eigenvalue weighted by atomic mass is 19.4. The maximum atomic E-state index is 12.6. The van der Waals surface area contributed by atoms with Crippen LogP contribution in [-0.2, 0) is 15.7 Å². The number of hydrogen-bond donors (Lipinski definition) is 0.